The number of rotatable bonds is 2. The summed E-state index contributed by atoms with van der Waals surface area (Å²) in [5.41, 5.74) is 2.01. The second kappa shape index (κ2) is 5.21. The van der Waals surface area contributed by atoms with Gasteiger partial charge in [0.1, 0.15) is 4.90 Å². The average Bonchev–Trinajstić information content (AvgIpc) is 2.35. The minimum atomic E-state index is -3.83. The summed E-state index contributed by atoms with van der Waals surface area (Å²) in [6.45, 7) is 5.44. The average molecular weight is 359 g/mol. The minimum Gasteiger partial charge on any atom is -0.305 e. The van der Waals surface area contributed by atoms with Crippen LogP contribution in [-0.4, -0.2) is 25.3 Å². The summed E-state index contributed by atoms with van der Waals surface area (Å²) in [4.78, 5) is 12.2. The molecule has 1 aromatic rings. The first-order chi connectivity index (χ1) is 9.25. The lowest BCUT2D eigenvalue weighted by Gasteiger charge is -2.29. The van der Waals surface area contributed by atoms with Crippen LogP contribution in [0.3, 0.4) is 0 Å². The Morgan fingerprint density at radius 1 is 1.35 bits per heavy atom. The van der Waals surface area contributed by atoms with Gasteiger partial charge in [-0.25, -0.2) is 17.5 Å². The number of halogens is 1. The molecule has 20 heavy (non-hydrogen) atoms. The largest absolute Gasteiger partial charge is 0.336 e. The Morgan fingerprint density at radius 2 is 2.00 bits per heavy atom. The van der Waals surface area contributed by atoms with E-state index in [0.29, 0.717) is 10.2 Å². The van der Waals surface area contributed by atoms with Gasteiger partial charge in [-0.3, -0.25) is 0 Å². The molecule has 0 radical (unpaired) electrons. The monoisotopic (exact) mass is 358 g/mol. The maximum Gasteiger partial charge on any atom is 0.336 e. The first-order valence-electron chi connectivity index (χ1n) is 6.00. The van der Waals surface area contributed by atoms with Crippen molar-refractivity contribution in [3.05, 3.63) is 33.8 Å². The summed E-state index contributed by atoms with van der Waals surface area (Å²) in [6.07, 6.45) is 0. The van der Waals surface area contributed by atoms with E-state index >= 15 is 0 Å². The van der Waals surface area contributed by atoms with Crippen molar-refractivity contribution < 1.29 is 13.2 Å². The van der Waals surface area contributed by atoms with Gasteiger partial charge < -0.3 is 5.32 Å². The van der Waals surface area contributed by atoms with Crippen LogP contribution in [0.4, 0.5) is 10.5 Å². The maximum atomic E-state index is 12.5. The lowest BCUT2D eigenvalue weighted by molar-refractivity contribution is 0.237. The fourth-order valence-corrected chi connectivity index (χ4v) is 3.79. The zero-order chi connectivity index (χ0) is 15.1. The number of anilines is 1. The van der Waals surface area contributed by atoms with Crippen molar-refractivity contribution >= 4 is 37.7 Å². The van der Waals surface area contributed by atoms with Gasteiger partial charge >= 0.3 is 6.03 Å². The number of hydrogen-bond donors (Lipinski definition) is 1. The van der Waals surface area contributed by atoms with E-state index in [-0.39, 0.29) is 11.4 Å². The van der Waals surface area contributed by atoms with Crippen LogP contribution in [0, 0.1) is 6.92 Å². The van der Waals surface area contributed by atoms with Crippen LogP contribution in [0.2, 0.25) is 0 Å². The van der Waals surface area contributed by atoms with Crippen LogP contribution in [-0.2, 0) is 10.0 Å². The van der Waals surface area contributed by atoms with Gasteiger partial charge in [0.25, 0.3) is 10.0 Å². The van der Waals surface area contributed by atoms with E-state index in [1.165, 1.54) is 6.07 Å². The van der Waals surface area contributed by atoms with Crippen LogP contribution in [0.25, 0.3) is 0 Å². The number of aryl methyl sites for hydroxylation is 1. The molecule has 0 atom stereocenters. The Bertz CT molecular complexity index is 706. The predicted octanol–water partition coefficient (Wildman–Crippen LogP) is 3.22. The Hall–Kier alpha value is -1.34. The summed E-state index contributed by atoms with van der Waals surface area (Å²) in [5.74, 6) is 0. The Morgan fingerprint density at radius 3 is 2.60 bits per heavy atom. The van der Waals surface area contributed by atoms with Crippen molar-refractivity contribution in [3.8, 4) is 0 Å². The van der Waals surface area contributed by atoms with Crippen molar-refractivity contribution in [1.29, 1.82) is 0 Å². The van der Waals surface area contributed by atoms with Crippen LogP contribution < -0.4 is 5.32 Å². The standard InChI is InChI=1S/C13H15BrN2O3S/c1-8(2)10(14)7-16-13(17)15-12-9(3)5-4-6-11(12)20(16,18)19/h4-6H,7H2,1-3H3,(H,15,17). The zero-order valence-corrected chi connectivity index (χ0v) is 13.8. The lowest BCUT2D eigenvalue weighted by Crippen LogP contribution is -2.44. The van der Waals surface area contributed by atoms with E-state index in [1.807, 2.05) is 13.8 Å². The molecule has 0 unspecified atom stereocenters. The number of carbonyl (C=O) groups is 1. The molecule has 0 aromatic heterocycles. The van der Waals surface area contributed by atoms with Crippen molar-refractivity contribution in [2.45, 2.75) is 25.7 Å². The first kappa shape index (κ1) is 15.1. The smallest absolute Gasteiger partial charge is 0.305 e. The molecule has 1 aliphatic heterocycles. The molecule has 1 aromatic carbocycles. The second-order valence-electron chi connectivity index (χ2n) is 4.79. The Balaban J connectivity index is 2.54. The molecule has 1 aliphatic rings. The van der Waals surface area contributed by atoms with Gasteiger partial charge in [0, 0.05) is 4.48 Å². The minimum absolute atomic E-state index is 0.0100. The highest BCUT2D eigenvalue weighted by Crippen LogP contribution is 2.33. The van der Waals surface area contributed by atoms with Gasteiger partial charge in [0.05, 0.1) is 12.2 Å². The topological polar surface area (TPSA) is 66.5 Å². The van der Waals surface area contributed by atoms with Gasteiger partial charge in [-0.1, -0.05) is 33.6 Å². The number of fused-ring (bicyclic) bond motifs is 1. The third-order valence-corrected chi connectivity index (χ3v) is 5.90. The molecule has 0 fully saturated rings. The normalized spacial score (nSPS) is 16.4. The number of nitrogens with one attached hydrogen (secondary N) is 1. The van der Waals surface area contributed by atoms with Crippen molar-refractivity contribution in [1.82, 2.24) is 4.31 Å². The molecule has 0 aliphatic carbocycles. The summed E-state index contributed by atoms with van der Waals surface area (Å²) >= 11 is 3.30. The number of sulfonamides is 1. The van der Waals surface area contributed by atoms with E-state index in [1.54, 1.807) is 19.1 Å². The van der Waals surface area contributed by atoms with E-state index in [2.05, 4.69) is 21.2 Å². The van der Waals surface area contributed by atoms with Crippen LogP contribution >= 0.6 is 15.9 Å². The number of benzene rings is 1. The zero-order valence-electron chi connectivity index (χ0n) is 11.4. The number of nitrogens with zero attached hydrogens (tertiary/aromatic N) is 1. The summed E-state index contributed by atoms with van der Waals surface area (Å²) < 4.78 is 26.6. The SMILES string of the molecule is CC(C)=C(Br)CN1C(=O)Nc2c(C)cccc2S1(=O)=O. The van der Waals surface area contributed by atoms with Crippen molar-refractivity contribution in [2.75, 3.05) is 11.9 Å². The fraction of sp³-hybridized carbons (Fsp3) is 0.308. The van der Waals surface area contributed by atoms with Crippen LogP contribution in [0.5, 0.6) is 0 Å². The molecule has 0 spiro atoms. The molecule has 0 bridgehead atoms. The van der Waals surface area contributed by atoms with Crippen LogP contribution in [0.15, 0.2) is 33.2 Å². The van der Waals surface area contributed by atoms with Gasteiger partial charge in [0.15, 0.2) is 0 Å². The molecule has 1 N–H and O–H groups in total. The highest BCUT2D eigenvalue weighted by Gasteiger charge is 2.37. The highest BCUT2D eigenvalue weighted by molar-refractivity contribution is 9.11. The van der Waals surface area contributed by atoms with E-state index in [4.69, 9.17) is 0 Å². The Labute approximate surface area is 126 Å². The molecule has 7 heteroatoms. The van der Waals surface area contributed by atoms with Crippen molar-refractivity contribution in [3.63, 3.8) is 0 Å². The van der Waals surface area contributed by atoms with E-state index in [9.17, 15) is 13.2 Å². The van der Waals surface area contributed by atoms with Crippen LogP contribution in [0.1, 0.15) is 19.4 Å². The number of carbonyl (C=O) groups excluding carboxylic acids is 1. The molecule has 1 heterocycles. The molecule has 5 nitrogen and oxygen atoms in total. The number of allylic oxidation sites excluding steroid dienone is 1. The summed E-state index contributed by atoms with van der Waals surface area (Å²) in [6, 6.07) is 4.29. The molecule has 0 saturated carbocycles. The van der Waals surface area contributed by atoms with Gasteiger partial charge in [-0.2, -0.15) is 0 Å². The molecule has 108 valence electrons. The first-order valence-corrected chi connectivity index (χ1v) is 8.23. The highest BCUT2D eigenvalue weighted by atomic mass is 79.9. The molecular formula is C13H15BrN2O3S. The van der Waals surface area contributed by atoms with Gasteiger partial charge in [-0.15, -0.1) is 0 Å². The molecule has 2 rings (SSSR count). The third-order valence-electron chi connectivity index (χ3n) is 3.09. The fourth-order valence-electron chi connectivity index (χ4n) is 1.85. The van der Waals surface area contributed by atoms with Gasteiger partial charge in [0.2, 0.25) is 0 Å². The maximum absolute atomic E-state index is 12.5. The predicted molar refractivity (Wildman–Crippen MR) is 81.4 cm³/mol. The van der Waals surface area contributed by atoms with E-state index in [0.717, 1.165) is 15.4 Å². The number of para-hydroxylation sites is 1. The quantitative estimate of drug-likeness (QED) is 0.882. The lowest BCUT2D eigenvalue weighted by atomic mass is 10.2. The third kappa shape index (κ3) is 2.47. The number of amides is 2. The number of urea groups is 1. The molecule has 0 saturated heterocycles. The number of hydrogen-bond acceptors (Lipinski definition) is 3. The molecular weight excluding hydrogens is 344 g/mol. The van der Waals surface area contributed by atoms with Gasteiger partial charge in [-0.05, 0) is 32.4 Å². The van der Waals surface area contributed by atoms with E-state index < -0.39 is 16.1 Å². The Kier molecular flexibility index (Phi) is 3.93. The summed E-state index contributed by atoms with van der Waals surface area (Å²) in [5, 5.41) is 2.64. The second-order valence-corrected chi connectivity index (χ2v) is 7.58. The van der Waals surface area contributed by atoms with Crippen molar-refractivity contribution in [2.24, 2.45) is 0 Å². The summed E-state index contributed by atoms with van der Waals surface area (Å²) in [7, 11) is -3.83. The molecule has 2 amide bonds.